The quantitative estimate of drug-likeness (QED) is 0.205. The number of pyridine rings is 1. The van der Waals surface area contributed by atoms with E-state index in [1.807, 2.05) is 17.9 Å². The number of ether oxygens (including phenoxy) is 2. The highest BCUT2D eigenvalue weighted by molar-refractivity contribution is 8.26. The maximum absolute atomic E-state index is 13.2. The van der Waals surface area contributed by atoms with E-state index in [1.54, 1.807) is 31.9 Å². The first-order valence-corrected chi connectivity index (χ1v) is 13.4. The zero-order valence-corrected chi connectivity index (χ0v) is 22.8. The van der Waals surface area contributed by atoms with Crippen molar-refractivity contribution in [3.8, 4) is 6.07 Å². The first kappa shape index (κ1) is 27.9. The van der Waals surface area contributed by atoms with Gasteiger partial charge in [-0.2, -0.15) is 5.26 Å². The maximum Gasteiger partial charge on any atom is 0.309 e. The second-order valence-electron chi connectivity index (χ2n) is 8.61. The number of thiocarbonyl (C=S) groups is 1. The molecule has 0 N–H and O–H groups in total. The Hall–Kier alpha value is -2.68. The molecule has 2 aliphatic heterocycles. The molecule has 0 bridgehead atoms. The fourth-order valence-corrected chi connectivity index (χ4v) is 5.76. The van der Waals surface area contributed by atoms with Gasteiger partial charge >= 0.3 is 5.97 Å². The molecule has 2 aliphatic rings. The van der Waals surface area contributed by atoms with Crippen molar-refractivity contribution >= 4 is 52.1 Å². The number of hydrogen-bond donors (Lipinski definition) is 0. The lowest BCUT2D eigenvalue weighted by molar-refractivity contribution is -0.148. The summed E-state index contributed by atoms with van der Waals surface area (Å²) in [5.41, 5.74) is 0.807. The number of hydrogen-bond acceptors (Lipinski definition) is 9. The first-order valence-electron chi connectivity index (χ1n) is 12.1. The van der Waals surface area contributed by atoms with Crippen LogP contribution in [0.1, 0.15) is 49.8 Å². The van der Waals surface area contributed by atoms with Crippen LogP contribution in [0.2, 0.25) is 0 Å². The van der Waals surface area contributed by atoms with Crippen LogP contribution in [0, 0.1) is 24.2 Å². The predicted molar refractivity (Wildman–Crippen MR) is 144 cm³/mol. The topological polar surface area (TPSA) is 105 Å². The van der Waals surface area contributed by atoms with Crippen molar-refractivity contribution in [1.82, 2.24) is 9.47 Å². The van der Waals surface area contributed by atoms with E-state index in [9.17, 15) is 19.6 Å². The summed E-state index contributed by atoms with van der Waals surface area (Å²) in [5, 5.41) is 9.67. The van der Waals surface area contributed by atoms with Gasteiger partial charge in [0.2, 0.25) is 0 Å². The second-order valence-corrected chi connectivity index (χ2v) is 10.3. The minimum atomic E-state index is -0.391. The van der Waals surface area contributed by atoms with Crippen LogP contribution in [-0.4, -0.2) is 65.1 Å². The molecule has 1 aromatic heterocycles. The highest BCUT2D eigenvalue weighted by Crippen LogP contribution is 2.36. The van der Waals surface area contributed by atoms with Crippen LogP contribution in [0.5, 0.6) is 0 Å². The zero-order valence-electron chi connectivity index (χ0n) is 21.2. The lowest BCUT2D eigenvalue weighted by Crippen LogP contribution is -2.40. The van der Waals surface area contributed by atoms with Gasteiger partial charge < -0.3 is 14.4 Å². The van der Waals surface area contributed by atoms with E-state index in [1.165, 1.54) is 16.3 Å². The summed E-state index contributed by atoms with van der Waals surface area (Å²) in [6.45, 7) is 8.49. The number of rotatable bonds is 9. The molecular weight excluding hydrogens is 500 g/mol. The van der Waals surface area contributed by atoms with Crippen LogP contribution in [0.3, 0.4) is 0 Å². The zero-order chi connectivity index (χ0) is 26.4. The van der Waals surface area contributed by atoms with Crippen molar-refractivity contribution in [3.63, 3.8) is 0 Å². The number of amides is 1. The van der Waals surface area contributed by atoms with Crippen molar-refractivity contribution in [2.45, 2.75) is 40.0 Å². The molecule has 2 saturated heterocycles. The van der Waals surface area contributed by atoms with Crippen molar-refractivity contribution in [3.05, 3.63) is 31.9 Å². The molecule has 0 unspecified atom stereocenters. The number of esters is 1. The molecule has 0 spiro atoms. The molecule has 0 aliphatic carbocycles. The minimum Gasteiger partial charge on any atom is -0.466 e. The van der Waals surface area contributed by atoms with Gasteiger partial charge in [-0.1, -0.05) is 24.0 Å². The fraction of sp³-hybridized carbons (Fsp3) is 0.560. The van der Waals surface area contributed by atoms with Gasteiger partial charge in [-0.25, -0.2) is 0 Å². The number of carbonyl (C=O) groups excluding carboxylic acids is 2. The number of thioether (sulfide) groups is 1. The van der Waals surface area contributed by atoms with Gasteiger partial charge in [0, 0.05) is 45.5 Å². The molecule has 9 nitrogen and oxygen atoms in total. The van der Waals surface area contributed by atoms with Crippen LogP contribution in [-0.2, 0) is 26.1 Å². The summed E-state index contributed by atoms with van der Waals surface area (Å²) in [4.78, 5) is 42.4. The molecular formula is C25H32N4O5S2. The Morgan fingerprint density at radius 3 is 2.56 bits per heavy atom. The van der Waals surface area contributed by atoms with Gasteiger partial charge in [-0.15, -0.1) is 0 Å². The molecule has 194 valence electrons. The molecule has 36 heavy (non-hydrogen) atoms. The molecule has 3 heterocycles. The molecule has 1 amide bonds. The number of anilines is 1. The van der Waals surface area contributed by atoms with Crippen LogP contribution in [0.25, 0.3) is 6.08 Å². The summed E-state index contributed by atoms with van der Waals surface area (Å²) in [5.74, 6) is 0.0463. The summed E-state index contributed by atoms with van der Waals surface area (Å²) in [6.07, 6.45) is 3.59. The highest BCUT2D eigenvalue weighted by Gasteiger charge is 2.34. The van der Waals surface area contributed by atoms with Crippen LogP contribution >= 0.6 is 24.0 Å². The van der Waals surface area contributed by atoms with E-state index >= 15 is 0 Å². The average molecular weight is 533 g/mol. The number of nitrogens with zero attached hydrogens (tertiary/aromatic N) is 4. The summed E-state index contributed by atoms with van der Waals surface area (Å²) in [7, 11) is 1.63. The van der Waals surface area contributed by atoms with Crippen LogP contribution < -0.4 is 10.5 Å². The molecule has 11 heteroatoms. The van der Waals surface area contributed by atoms with E-state index in [-0.39, 0.29) is 23.4 Å². The lowest BCUT2D eigenvalue weighted by atomic mass is 9.95. The molecule has 3 rings (SSSR count). The average Bonchev–Trinajstić information content (AvgIpc) is 3.13. The predicted octanol–water partition coefficient (Wildman–Crippen LogP) is 2.97. The Kier molecular flexibility index (Phi) is 9.70. The van der Waals surface area contributed by atoms with E-state index in [0.717, 1.165) is 0 Å². The summed E-state index contributed by atoms with van der Waals surface area (Å²) < 4.78 is 12.5. The van der Waals surface area contributed by atoms with E-state index in [0.29, 0.717) is 84.9 Å². The smallest absolute Gasteiger partial charge is 0.309 e. The Labute approximate surface area is 221 Å². The van der Waals surface area contributed by atoms with E-state index in [2.05, 4.69) is 0 Å². The van der Waals surface area contributed by atoms with Crippen molar-refractivity contribution in [2.75, 3.05) is 44.4 Å². The van der Waals surface area contributed by atoms with Gasteiger partial charge in [-0.05, 0) is 51.7 Å². The number of piperidine rings is 1. The van der Waals surface area contributed by atoms with Gasteiger partial charge in [0.05, 0.1) is 17.4 Å². The maximum atomic E-state index is 13.2. The molecule has 0 radical (unpaired) electrons. The number of nitriles is 1. The Morgan fingerprint density at radius 2 is 1.94 bits per heavy atom. The van der Waals surface area contributed by atoms with Gasteiger partial charge in [0.25, 0.3) is 11.5 Å². The van der Waals surface area contributed by atoms with Gasteiger partial charge in [0.1, 0.15) is 21.8 Å². The lowest BCUT2D eigenvalue weighted by Gasteiger charge is -2.35. The van der Waals surface area contributed by atoms with E-state index in [4.69, 9.17) is 21.7 Å². The standard InChI is InChI=1S/C25H32N4O5S2/c1-5-33-13-7-10-29-23(31)20(36-25(29)35)14-18-16(3)19(15-26)22(30)27(4)21(18)28-11-8-17(9-12-28)24(32)34-6-2/h14,17H,5-13H2,1-4H3. The Bertz CT molecular complexity index is 1160. The summed E-state index contributed by atoms with van der Waals surface area (Å²) >= 11 is 6.67. The largest absolute Gasteiger partial charge is 0.466 e. The molecule has 2 fully saturated rings. The Balaban J connectivity index is 1.96. The van der Waals surface area contributed by atoms with Gasteiger partial charge in [-0.3, -0.25) is 23.9 Å². The highest BCUT2D eigenvalue weighted by atomic mass is 32.2. The van der Waals surface area contributed by atoms with Crippen molar-refractivity contribution < 1.29 is 19.1 Å². The Morgan fingerprint density at radius 1 is 1.25 bits per heavy atom. The van der Waals surface area contributed by atoms with E-state index < -0.39 is 5.56 Å². The SMILES string of the molecule is CCOCCCN1C(=O)C(=Cc2c(C)c(C#N)c(=O)n(C)c2N2CCC(C(=O)OCC)CC2)SC1=S. The molecule has 0 atom stereocenters. The van der Waals surface area contributed by atoms with Crippen LogP contribution in [0.4, 0.5) is 5.82 Å². The third-order valence-electron chi connectivity index (χ3n) is 6.41. The molecule has 0 aromatic carbocycles. The van der Waals surface area contributed by atoms with Crippen molar-refractivity contribution in [1.29, 1.82) is 5.26 Å². The third-order valence-corrected chi connectivity index (χ3v) is 7.78. The van der Waals surface area contributed by atoms with Crippen molar-refractivity contribution in [2.24, 2.45) is 13.0 Å². The summed E-state index contributed by atoms with van der Waals surface area (Å²) in [6, 6.07) is 2.02. The number of carbonyl (C=O) groups is 2. The third kappa shape index (κ3) is 5.82. The van der Waals surface area contributed by atoms with Crippen LogP contribution in [0.15, 0.2) is 9.70 Å². The second kappa shape index (κ2) is 12.5. The molecule has 1 aromatic rings. The minimum absolute atomic E-state index is 0.0427. The number of aromatic nitrogens is 1. The first-order chi connectivity index (χ1) is 17.2. The monoisotopic (exact) mass is 532 g/mol. The normalized spacial score (nSPS) is 17.7. The fourth-order valence-electron chi connectivity index (χ4n) is 4.47. The molecule has 0 saturated carbocycles. The van der Waals surface area contributed by atoms with Gasteiger partial charge in [0.15, 0.2) is 0 Å².